The Kier molecular flexibility index (Phi) is 17.7. The van der Waals surface area contributed by atoms with Crippen LogP contribution >= 0.6 is 0 Å². The maximum atomic E-state index is 12.6. The quantitative estimate of drug-likeness (QED) is 0.0660. The smallest absolute Gasteiger partial charge is 0.371 e. The SMILES string of the molecule is COc1ccc(C(=O)Nc2ccc(C(C)(C)CN)cc2)cc1OC.COc1ccc(C(=O)Nc2ccc(C(C)(C)CNC(=O)c3ccccc3)cc2)cc1OC.O=C(O)c1ccco1. The first-order valence-corrected chi connectivity index (χ1v) is 20.1. The van der Waals surface area contributed by atoms with Gasteiger partial charge in [-0.2, -0.15) is 0 Å². The van der Waals surface area contributed by atoms with Crippen molar-refractivity contribution in [2.45, 2.75) is 38.5 Å². The van der Waals surface area contributed by atoms with Gasteiger partial charge in [0.15, 0.2) is 23.0 Å². The third kappa shape index (κ3) is 13.7. The molecule has 0 fully saturated rings. The zero-order valence-electron chi connectivity index (χ0n) is 37.3. The number of carboxylic acids is 1. The molecule has 3 amide bonds. The summed E-state index contributed by atoms with van der Waals surface area (Å²) in [5.41, 5.74) is 10.6. The minimum atomic E-state index is -1.03. The Balaban J connectivity index is 0.000000245. The molecule has 0 atom stereocenters. The maximum absolute atomic E-state index is 12.6. The van der Waals surface area contributed by atoms with Gasteiger partial charge in [0, 0.05) is 52.0 Å². The Morgan fingerprint density at radius 2 is 1.00 bits per heavy atom. The third-order valence-corrected chi connectivity index (χ3v) is 10.1. The first-order valence-electron chi connectivity index (χ1n) is 20.1. The number of benzene rings is 5. The lowest BCUT2D eigenvalue weighted by Gasteiger charge is -2.26. The first-order chi connectivity index (χ1) is 30.5. The van der Waals surface area contributed by atoms with Gasteiger partial charge in [0.1, 0.15) is 0 Å². The largest absolute Gasteiger partial charge is 0.493 e. The van der Waals surface area contributed by atoms with Crippen LogP contribution in [-0.4, -0.2) is 70.3 Å². The standard InChI is InChI=1S/C26H28N2O4.C19H24N2O3.C5H4O3/c1-26(2,17-27-24(29)18-8-6-5-7-9-18)20-11-13-21(14-12-20)28-25(30)19-10-15-22(31-3)23(16-19)32-4;1-19(2,12-20)14-6-8-15(9-7-14)21-18(22)13-5-10-16(23-3)17(11-13)24-4;6-5(7)4-2-1-3-8-4/h5-16H,17H2,1-4H3,(H,27,29)(H,28,30);5-11H,12,20H2,1-4H3,(H,21,22);1-3H,(H,6,7). The van der Waals surface area contributed by atoms with Crippen molar-refractivity contribution in [3.8, 4) is 23.0 Å². The molecule has 0 aliphatic rings. The number of nitrogens with two attached hydrogens (primary N) is 1. The van der Waals surface area contributed by atoms with Gasteiger partial charge in [-0.15, -0.1) is 0 Å². The van der Waals surface area contributed by atoms with Crippen LogP contribution in [0.5, 0.6) is 23.0 Å². The van der Waals surface area contributed by atoms with E-state index in [1.165, 1.54) is 32.6 Å². The average molecular weight is 873 g/mol. The summed E-state index contributed by atoms with van der Waals surface area (Å²) in [5, 5.41) is 16.9. The predicted molar refractivity (Wildman–Crippen MR) is 247 cm³/mol. The molecule has 0 bridgehead atoms. The zero-order chi connectivity index (χ0) is 46.9. The highest BCUT2D eigenvalue weighted by atomic mass is 16.5. The fourth-order valence-corrected chi connectivity index (χ4v) is 5.98. The second-order valence-electron chi connectivity index (χ2n) is 15.5. The molecule has 6 rings (SSSR count). The van der Waals surface area contributed by atoms with E-state index in [9.17, 15) is 19.2 Å². The lowest BCUT2D eigenvalue weighted by molar-refractivity contribution is 0.0661. The molecule has 0 aliphatic carbocycles. The maximum Gasteiger partial charge on any atom is 0.371 e. The van der Waals surface area contributed by atoms with Crippen molar-refractivity contribution in [3.63, 3.8) is 0 Å². The highest BCUT2D eigenvalue weighted by Crippen LogP contribution is 2.30. The molecule has 6 aromatic rings. The Morgan fingerprint density at radius 3 is 1.38 bits per heavy atom. The van der Waals surface area contributed by atoms with Crippen LogP contribution in [0.1, 0.15) is 80.5 Å². The molecular formula is C50H56N4O10. The van der Waals surface area contributed by atoms with Gasteiger partial charge in [0.25, 0.3) is 17.7 Å². The molecular weight excluding hydrogens is 817 g/mol. The van der Waals surface area contributed by atoms with Gasteiger partial charge < -0.3 is 50.2 Å². The second kappa shape index (κ2) is 23.0. The molecule has 0 spiro atoms. The summed E-state index contributed by atoms with van der Waals surface area (Å²) in [4.78, 5) is 47.3. The van der Waals surface area contributed by atoms with E-state index in [-0.39, 0.29) is 34.3 Å². The minimum absolute atomic E-state index is 0.0231. The van der Waals surface area contributed by atoms with Crippen LogP contribution in [0.2, 0.25) is 0 Å². The van der Waals surface area contributed by atoms with Crippen LogP contribution < -0.4 is 40.6 Å². The van der Waals surface area contributed by atoms with E-state index >= 15 is 0 Å². The monoisotopic (exact) mass is 872 g/mol. The topological polar surface area (TPSA) is 201 Å². The van der Waals surface area contributed by atoms with Crippen molar-refractivity contribution in [3.05, 3.63) is 167 Å². The third-order valence-electron chi connectivity index (χ3n) is 10.1. The lowest BCUT2D eigenvalue weighted by Crippen LogP contribution is -2.36. The molecule has 5 aromatic carbocycles. The van der Waals surface area contributed by atoms with E-state index in [1.807, 2.05) is 66.7 Å². The number of methoxy groups -OCH3 is 4. The number of carboxylic acid groups (broad SMARTS) is 1. The highest BCUT2D eigenvalue weighted by Gasteiger charge is 2.22. The lowest BCUT2D eigenvalue weighted by atomic mass is 9.84. The molecule has 336 valence electrons. The van der Waals surface area contributed by atoms with Crippen molar-refractivity contribution in [1.82, 2.24) is 5.32 Å². The molecule has 14 nitrogen and oxygen atoms in total. The van der Waals surface area contributed by atoms with Crippen LogP contribution in [0.15, 0.2) is 138 Å². The molecule has 64 heavy (non-hydrogen) atoms. The van der Waals surface area contributed by atoms with E-state index in [0.29, 0.717) is 58.5 Å². The van der Waals surface area contributed by atoms with Crippen molar-refractivity contribution in [2.24, 2.45) is 5.73 Å². The van der Waals surface area contributed by atoms with Gasteiger partial charge in [-0.3, -0.25) is 14.4 Å². The van der Waals surface area contributed by atoms with E-state index in [0.717, 1.165) is 16.8 Å². The molecule has 0 saturated heterocycles. The van der Waals surface area contributed by atoms with Crippen LogP contribution in [0, 0.1) is 0 Å². The number of hydrogen-bond donors (Lipinski definition) is 5. The normalized spacial score (nSPS) is 10.7. The second-order valence-corrected chi connectivity index (χ2v) is 15.5. The number of amides is 3. The van der Waals surface area contributed by atoms with E-state index < -0.39 is 5.97 Å². The summed E-state index contributed by atoms with van der Waals surface area (Å²) >= 11 is 0. The summed E-state index contributed by atoms with van der Waals surface area (Å²) in [5.74, 6) is 0.560. The van der Waals surface area contributed by atoms with E-state index in [4.69, 9.17) is 29.8 Å². The van der Waals surface area contributed by atoms with Crippen LogP contribution in [0.3, 0.4) is 0 Å². The van der Waals surface area contributed by atoms with Gasteiger partial charge >= 0.3 is 5.97 Å². The molecule has 14 heteroatoms. The number of aromatic carboxylic acids is 1. The summed E-state index contributed by atoms with van der Waals surface area (Å²) in [6.45, 7) is 9.35. The molecule has 1 aromatic heterocycles. The Labute approximate surface area is 373 Å². The number of carbonyl (C=O) groups excluding carboxylic acids is 3. The van der Waals surface area contributed by atoms with Crippen LogP contribution in [0.25, 0.3) is 0 Å². The van der Waals surface area contributed by atoms with Crippen molar-refractivity contribution in [1.29, 1.82) is 0 Å². The molecule has 6 N–H and O–H groups in total. The Morgan fingerprint density at radius 1 is 0.547 bits per heavy atom. The minimum Gasteiger partial charge on any atom is -0.493 e. The molecule has 0 unspecified atom stereocenters. The highest BCUT2D eigenvalue weighted by molar-refractivity contribution is 6.05. The van der Waals surface area contributed by atoms with Crippen molar-refractivity contribution >= 4 is 35.1 Å². The number of carbonyl (C=O) groups is 4. The summed E-state index contributed by atoms with van der Waals surface area (Å²) < 4.78 is 25.4. The van der Waals surface area contributed by atoms with Gasteiger partial charge in [0.2, 0.25) is 5.76 Å². The molecule has 0 aliphatic heterocycles. The van der Waals surface area contributed by atoms with Gasteiger partial charge in [0.05, 0.1) is 34.7 Å². The number of ether oxygens (including phenoxy) is 4. The number of rotatable bonds is 15. The van der Waals surface area contributed by atoms with Crippen molar-refractivity contribution < 1.29 is 47.6 Å². The van der Waals surface area contributed by atoms with Crippen LogP contribution in [0.4, 0.5) is 11.4 Å². The number of anilines is 2. The van der Waals surface area contributed by atoms with E-state index in [1.54, 1.807) is 62.8 Å². The first kappa shape index (κ1) is 49.1. The fourth-order valence-electron chi connectivity index (χ4n) is 5.98. The summed E-state index contributed by atoms with van der Waals surface area (Å²) in [6.07, 6.45) is 1.32. The summed E-state index contributed by atoms with van der Waals surface area (Å²) in [7, 11) is 6.18. The van der Waals surface area contributed by atoms with Crippen molar-refractivity contribution in [2.75, 3.05) is 52.2 Å². The Hall–Kier alpha value is -7.58. The molecule has 0 radical (unpaired) electrons. The van der Waals surface area contributed by atoms with Gasteiger partial charge in [-0.1, -0.05) is 70.2 Å². The fraction of sp³-hybridized carbons (Fsp3) is 0.240. The number of furan rings is 1. The average Bonchev–Trinajstić information content (AvgIpc) is 3.87. The zero-order valence-corrected chi connectivity index (χ0v) is 37.3. The van der Waals surface area contributed by atoms with Gasteiger partial charge in [-0.25, -0.2) is 4.79 Å². The number of nitrogens with one attached hydrogen (secondary N) is 3. The van der Waals surface area contributed by atoms with Crippen LogP contribution in [-0.2, 0) is 10.8 Å². The van der Waals surface area contributed by atoms with Gasteiger partial charge in [-0.05, 0) is 96.1 Å². The number of hydrogen-bond acceptors (Lipinski definition) is 10. The molecule has 0 saturated carbocycles. The van der Waals surface area contributed by atoms with E-state index in [2.05, 4.69) is 48.1 Å². The predicted octanol–water partition coefficient (Wildman–Crippen LogP) is 8.83. The summed E-state index contributed by atoms with van der Waals surface area (Å²) in [6, 6.07) is 37.5. The molecule has 1 heterocycles. The Bertz CT molecular complexity index is 2450.